The standard InChI is InChI=1S/C23H24N2O2/c1-4-14-25-16(3)21(23(24)26)22(20(25)5-2)17-10-9-13-19(15-17)27-18-11-7-6-8-12-18/h4,6-13,15H,1,5,14H2,2-3H3,(H2,24,26). The highest BCUT2D eigenvalue weighted by Crippen LogP contribution is 2.35. The maximum Gasteiger partial charge on any atom is 0.251 e. The number of carbonyl (C=O) groups is 1. The molecule has 0 fully saturated rings. The Hall–Kier alpha value is -3.27. The molecule has 138 valence electrons. The van der Waals surface area contributed by atoms with E-state index in [0.717, 1.165) is 34.7 Å². The Morgan fingerprint density at radius 2 is 1.85 bits per heavy atom. The Morgan fingerprint density at radius 3 is 2.48 bits per heavy atom. The van der Waals surface area contributed by atoms with Crippen molar-refractivity contribution in [1.29, 1.82) is 0 Å². The van der Waals surface area contributed by atoms with E-state index in [9.17, 15) is 4.79 Å². The zero-order chi connectivity index (χ0) is 19.4. The lowest BCUT2D eigenvalue weighted by atomic mass is 9.98. The van der Waals surface area contributed by atoms with E-state index in [1.165, 1.54) is 0 Å². The molecule has 3 aromatic rings. The van der Waals surface area contributed by atoms with Crippen molar-refractivity contribution in [1.82, 2.24) is 4.57 Å². The molecular weight excluding hydrogens is 336 g/mol. The van der Waals surface area contributed by atoms with Crippen LogP contribution in [0.2, 0.25) is 0 Å². The molecular formula is C23H24N2O2. The van der Waals surface area contributed by atoms with E-state index in [-0.39, 0.29) is 0 Å². The number of nitrogens with two attached hydrogens (primary N) is 1. The van der Waals surface area contributed by atoms with Crippen LogP contribution in [0.3, 0.4) is 0 Å². The Labute approximate surface area is 159 Å². The Morgan fingerprint density at radius 1 is 1.15 bits per heavy atom. The maximum atomic E-state index is 12.2. The summed E-state index contributed by atoms with van der Waals surface area (Å²) in [5.41, 5.74) is 10.0. The number of hydrogen-bond donors (Lipinski definition) is 1. The fourth-order valence-electron chi connectivity index (χ4n) is 3.49. The molecule has 0 bridgehead atoms. The number of allylic oxidation sites excluding steroid dienone is 1. The normalized spacial score (nSPS) is 10.6. The average molecular weight is 360 g/mol. The van der Waals surface area contributed by atoms with Crippen molar-refractivity contribution in [2.24, 2.45) is 5.73 Å². The predicted octanol–water partition coefficient (Wildman–Crippen LogP) is 5.10. The van der Waals surface area contributed by atoms with Crippen LogP contribution in [-0.2, 0) is 13.0 Å². The third-order valence-corrected chi connectivity index (χ3v) is 4.63. The molecule has 1 heterocycles. The summed E-state index contributed by atoms with van der Waals surface area (Å²) in [5, 5.41) is 0. The van der Waals surface area contributed by atoms with Gasteiger partial charge in [0.05, 0.1) is 5.56 Å². The van der Waals surface area contributed by atoms with Gasteiger partial charge in [-0.2, -0.15) is 0 Å². The van der Waals surface area contributed by atoms with Crippen LogP contribution < -0.4 is 10.5 Å². The highest BCUT2D eigenvalue weighted by atomic mass is 16.5. The zero-order valence-electron chi connectivity index (χ0n) is 15.7. The number of benzene rings is 2. The fraction of sp³-hybridized carbons (Fsp3) is 0.174. The molecule has 2 N–H and O–H groups in total. The van der Waals surface area contributed by atoms with Gasteiger partial charge in [0.15, 0.2) is 0 Å². The molecule has 0 saturated heterocycles. The van der Waals surface area contributed by atoms with Gasteiger partial charge in [0.2, 0.25) is 0 Å². The van der Waals surface area contributed by atoms with Gasteiger partial charge in [0.1, 0.15) is 11.5 Å². The number of rotatable bonds is 7. The van der Waals surface area contributed by atoms with Crippen molar-refractivity contribution in [3.05, 3.63) is 84.2 Å². The average Bonchev–Trinajstić information content (AvgIpc) is 2.95. The quantitative estimate of drug-likeness (QED) is 0.596. The number of amides is 1. The van der Waals surface area contributed by atoms with E-state index >= 15 is 0 Å². The van der Waals surface area contributed by atoms with E-state index in [4.69, 9.17) is 10.5 Å². The molecule has 0 saturated carbocycles. The van der Waals surface area contributed by atoms with E-state index in [0.29, 0.717) is 17.9 Å². The molecule has 0 aliphatic carbocycles. The summed E-state index contributed by atoms with van der Waals surface area (Å²) in [4.78, 5) is 12.2. The molecule has 2 aromatic carbocycles. The molecule has 27 heavy (non-hydrogen) atoms. The first-order chi connectivity index (χ1) is 13.1. The molecule has 1 amide bonds. The molecule has 0 atom stereocenters. The van der Waals surface area contributed by atoms with Gasteiger partial charge >= 0.3 is 0 Å². The Kier molecular flexibility index (Phi) is 5.46. The lowest BCUT2D eigenvalue weighted by molar-refractivity contribution is 0.1000. The van der Waals surface area contributed by atoms with Crippen molar-refractivity contribution in [2.75, 3.05) is 0 Å². The number of nitrogens with zero attached hydrogens (tertiary/aromatic N) is 1. The number of hydrogen-bond acceptors (Lipinski definition) is 2. The number of aromatic nitrogens is 1. The van der Waals surface area contributed by atoms with Crippen molar-refractivity contribution >= 4 is 5.91 Å². The van der Waals surface area contributed by atoms with E-state index in [1.807, 2.05) is 67.6 Å². The van der Waals surface area contributed by atoms with Crippen LogP contribution in [0.4, 0.5) is 0 Å². The van der Waals surface area contributed by atoms with Gasteiger partial charge in [-0.1, -0.05) is 43.3 Å². The first-order valence-corrected chi connectivity index (χ1v) is 9.02. The minimum atomic E-state index is -0.422. The number of ether oxygens (including phenoxy) is 1. The van der Waals surface area contributed by atoms with Gasteiger partial charge in [0.25, 0.3) is 5.91 Å². The number of carbonyl (C=O) groups excluding carboxylic acids is 1. The zero-order valence-corrected chi connectivity index (χ0v) is 15.7. The van der Waals surface area contributed by atoms with Gasteiger partial charge < -0.3 is 15.0 Å². The molecule has 4 nitrogen and oxygen atoms in total. The number of para-hydroxylation sites is 1. The molecule has 0 unspecified atom stereocenters. The molecule has 0 aliphatic heterocycles. The maximum absolute atomic E-state index is 12.2. The highest BCUT2D eigenvalue weighted by Gasteiger charge is 2.23. The topological polar surface area (TPSA) is 57.2 Å². The summed E-state index contributed by atoms with van der Waals surface area (Å²) < 4.78 is 8.06. The lowest BCUT2D eigenvalue weighted by Gasteiger charge is -2.11. The first kappa shape index (κ1) is 18.5. The van der Waals surface area contributed by atoms with E-state index in [1.54, 1.807) is 0 Å². The van der Waals surface area contributed by atoms with Gasteiger partial charge in [-0.05, 0) is 43.2 Å². The SMILES string of the molecule is C=CCn1c(C)c(C(N)=O)c(-c2cccc(Oc3ccccc3)c2)c1CC. The van der Waals surface area contributed by atoms with Crippen molar-refractivity contribution in [3.8, 4) is 22.6 Å². The Bertz CT molecular complexity index is 972. The summed E-state index contributed by atoms with van der Waals surface area (Å²) in [7, 11) is 0. The summed E-state index contributed by atoms with van der Waals surface area (Å²) in [6.45, 7) is 8.47. The smallest absolute Gasteiger partial charge is 0.251 e. The summed E-state index contributed by atoms with van der Waals surface area (Å²) >= 11 is 0. The molecule has 0 spiro atoms. The van der Waals surface area contributed by atoms with Crippen LogP contribution in [0.1, 0.15) is 28.7 Å². The van der Waals surface area contributed by atoms with Crippen LogP contribution >= 0.6 is 0 Å². The highest BCUT2D eigenvalue weighted by molar-refractivity contribution is 6.02. The third kappa shape index (κ3) is 3.65. The van der Waals surface area contributed by atoms with Crippen LogP contribution in [0.15, 0.2) is 67.3 Å². The third-order valence-electron chi connectivity index (χ3n) is 4.63. The molecule has 4 heteroatoms. The summed E-state index contributed by atoms with van der Waals surface area (Å²) in [6, 6.07) is 17.4. The van der Waals surface area contributed by atoms with E-state index in [2.05, 4.69) is 18.1 Å². The summed E-state index contributed by atoms with van der Waals surface area (Å²) in [6.07, 6.45) is 2.61. The fourth-order valence-corrected chi connectivity index (χ4v) is 3.49. The Balaban J connectivity index is 2.13. The van der Waals surface area contributed by atoms with Gasteiger partial charge in [-0.15, -0.1) is 6.58 Å². The number of primary amides is 1. The minimum Gasteiger partial charge on any atom is -0.457 e. The molecule has 0 aliphatic rings. The van der Waals surface area contributed by atoms with Crippen LogP contribution in [0.25, 0.3) is 11.1 Å². The second-order valence-corrected chi connectivity index (χ2v) is 6.34. The van der Waals surface area contributed by atoms with Crippen molar-refractivity contribution < 1.29 is 9.53 Å². The first-order valence-electron chi connectivity index (χ1n) is 9.02. The summed E-state index contributed by atoms with van der Waals surface area (Å²) in [5.74, 6) is 1.06. The van der Waals surface area contributed by atoms with Gasteiger partial charge in [-0.3, -0.25) is 4.79 Å². The minimum absolute atomic E-state index is 0.422. The van der Waals surface area contributed by atoms with Gasteiger partial charge in [0, 0.05) is 23.5 Å². The second kappa shape index (κ2) is 7.96. The largest absolute Gasteiger partial charge is 0.457 e. The predicted molar refractivity (Wildman–Crippen MR) is 109 cm³/mol. The molecule has 0 radical (unpaired) electrons. The second-order valence-electron chi connectivity index (χ2n) is 6.34. The molecule has 1 aromatic heterocycles. The van der Waals surface area contributed by atoms with Gasteiger partial charge in [-0.25, -0.2) is 0 Å². The lowest BCUT2D eigenvalue weighted by Crippen LogP contribution is -2.13. The van der Waals surface area contributed by atoms with Crippen LogP contribution in [0, 0.1) is 6.92 Å². The van der Waals surface area contributed by atoms with Crippen LogP contribution in [-0.4, -0.2) is 10.5 Å². The monoisotopic (exact) mass is 360 g/mol. The molecule has 3 rings (SSSR count). The van der Waals surface area contributed by atoms with Crippen molar-refractivity contribution in [2.45, 2.75) is 26.8 Å². The van der Waals surface area contributed by atoms with E-state index < -0.39 is 5.91 Å². The van der Waals surface area contributed by atoms with Crippen LogP contribution in [0.5, 0.6) is 11.5 Å². The van der Waals surface area contributed by atoms with Crippen molar-refractivity contribution in [3.63, 3.8) is 0 Å².